The van der Waals surface area contributed by atoms with Gasteiger partial charge in [-0.25, -0.2) is 4.98 Å². The van der Waals surface area contributed by atoms with Gasteiger partial charge in [0, 0.05) is 44.9 Å². The number of nitrogens with one attached hydrogen (secondary N) is 2. The molecule has 8 nitrogen and oxygen atoms in total. The van der Waals surface area contributed by atoms with E-state index in [2.05, 4.69) is 37.7 Å². The van der Waals surface area contributed by atoms with Crippen molar-refractivity contribution in [2.75, 3.05) is 20.7 Å². The summed E-state index contributed by atoms with van der Waals surface area (Å²) in [6, 6.07) is 3.85. The minimum Gasteiger partial charge on any atom is -0.481 e. The average Bonchev–Trinajstić information content (AvgIpc) is 3.05. The van der Waals surface area contributed by atoms with E-state index >= 15 is 0 Å². The van der Waals surface area contributed by atoms with Crippen LogP contribution in [0.3, 0.4) is 0 Å². The van der Waals surface area contributed by atoms with E-state index < -0.39 is 0 Å². The summed E-state index contributed by atoms with van der Waals surface area (Å²) >= 11 is 0. The fraction of sp³-hybridized carbons (Fsp3) is 0.467. The molecule has 0 aliphatic carbocycles. The zero-order valence-electron chi connectivity index (χ0n) is 14.2. The van der Waals surface area contributed by atoms with E-state index in [0.717, 1.165) is 36.9 Å². The number of nitrogens with zero attached hydrogens (tertiary/aromatic N) is 5. The van der Waals surface area contributed by atoms with Gasteiger partial charge >= 0.3 is 0 Å². The summed E-state index contributed by atoms with van der Waals surface area (Å²) in [6.07, 6.45) is 4.32. The predicted molar refractivity (Wildman–Crippen MR) is 104 cm³/mol. The van der Waals surface area contributed by atoms with Crippen LogP contribution in [0.1, 0.15) is 18.3 Å². The molecule has 0 aliphatic heterocycles. The number of halogens is 1. The molecule has 2 heterocycles. The number of rotatable bonds is 7. The topological polar surface area (TPSA) is 89.2 Å². The third kappa shape index (κ3) is 5.62. The zero-order valence-corrected chi connectivity index (χ0v) is 16.5. The van der Waals surface area contributed by atoms with Crippen LogP contribution < -0.4 is 15.4 Å². The SMILES string of the molecule is CCc1nncn1CCNC(=NC)NCc1cccnc1OC.I. The summed E-state index contributed by atoms with van der Waals surface area (Å²) in [6.45, 7) is 4.17. The molecule has 2 aromatic heterocycles. The molecular weight excluding hydrogens is 421 g/mol. The second kappa shape index (κ2) is 10.8. The Bertz CT molecular complexity index is 644. The van der Waals surface area contributed by atoms with Gasteiger partial charge in [-0.15, -0.1) is 34.2 Å². The molecule has 2 N–H and O–H groups in total. The van der Waals surface area contributed by atoms with Gasteiger partial charge in [0.2, 0.25) is 5.88 Å². The Labute approximate surface area is 159 Å². The Morgan fingerprint density at radius 2 is 2.21 bits per heavy atom. The molecule has 0 atom stereocenters. The van der Waals surface area contributed by atoms with E-state index in [1.807, 2.05) is 16.7 Å². The van der Waals surface area contributed by atoms with Crippen molar-refractivity contribution in [2.45, 2.75) is 26.4 Å². The Balaban J connectivity index is 0.00000288. The molecule has 0 aliphatic rings. The first-order valence-electron chi connectivity index (χ1n) is 7.57. The van der Waals surface area contributed by atoms with Crippen molar-refractivity contribution in [3.05, 3.63) is 36.0 Å². The number of hydrogen-bond acceptors (Lipinski definition) is 5. The van der Waals surface area contributed by atoms with Crippen LogP contribution in [-0.4, -0.2) is 46.4 Å². The van der Waals surface area contributed by atoms with Gasteiger partial charge in [0.1, 0.15) is 12.2 Å². The molecule has 2 rings (SSSR count). The third-order valence-corrected chi connectivity index (χ3v) is 3.37. The fourth-order valence-electron chi connectivity index (χ4n) is 2.18. The van der Waals surface area contributed by atoms with Crippen molar-refractivity contribution in [3.63, 3.8) is 0 Å². The van der Waals surface area contributed by atoms with Crippen molar-refractivity contribution >= 4 is 29.9 Å². The number of pyridine rings is 1. The number of aliphatic imine (C=N–C) groups is 1. The first kappa shape index (κ1) is 20.1. The van der Waals surface area contributed by atoms with E-state index in [1.54, 1.807) is 26.7 Å². The van der Waals surface area contributed by atoms with Gasteiger partial charge < -0.3 is 19.9 Å². The zero-order chi connectivity index (χ0) is 16.5. The maximum absolute atomic E-state index is 5.24. The van der Waals surface area contributed by atoms with Crippen LogP contribution in [0.4, 0.5) is 0 Å². The van der Waals surface area contributed by atoms with Gasteiger partial charge in [-0.1, -0.05) is 13.0 Å². The maximum atomic E-state index is 5.24. The van der Waals surface area contributed by atoms with Crippen molar-refractivity contribution in [1.82, 2.24) is 30.4 Å². The lowest BCUT2D eigenvalue weighted by molar-refractivity contribution is 0.392. The van der Waals surface area contributed by atoms with E-state index in [9.17, 15) is 0 Å². The number of hydrogen-bond donors (Lipinski definition) is 2. The highest BCUT2D eigenvalue weighted by Crippen LogP contribution is 2.12. The summed E-state index contributed by atoms with van der Waals surface area (Å²) in [5, 5.41) is 14.5. The third-order valence-electron chi connectivity index (χ3n) is 3.37. The van der Waals surface area contributed by atoms with Crippen LogP contribution in [0.25, 0.3) is 0 Å². The van der Waals surface area contributed by atoms with Crippen LogP contribution in [-0.2, 0) is 19.5 Å². The first-order chi connectivity index (χ1) is 11.3. The monoisotopic (exact) mass is 445 g/mol. The lowest BCUT2D eigenvalue weighted by Gasteiger charge is -2.13. The predicted octanol–water partition coefficient (Wildman–Crippen LogP) is 1.23. The van der Waals surface area contributed by atoms with Crippen LogP contribution in [0.15, 0.2) is 29.6 Å². The van der Waals surface area contributed by atoms with E-state index in [1.165, 1.54) is 0 Å². The summed E-state index contributed by atoms with van der Waals surface area (Å²) in [5.41, 5.74) is 0.977. The molecule has 0 saturated heterocycles. The summed E-state index contributed by atoms with van der Waals surface area (Å²) in [7, 11) is 3.36. The summed E-state index contributed by atoms with van der Waals surface area (Å²) in [5.74, 6) is 2.32. The number of methoxy groups -OCH3 is 1. The Kier molecular flexibility index (Phi) is 9.05. The van der Waals surface area contributed by atoms with Crippen molar-refractivity contribution < 1.29 is 4.74 Å². The first-order valence-corrected chi connectivity index (χ1v) is 7.57. The summed E-state index contributed by atoms with van der Waals surface area (Å²) < 4.78 is 7.27. The molecule has 24 heavy (non-hydrogen) atoms. The number of ether oxygens (including phenoxy) is 1. The molecule has 0 amide bonds. The second-order valence-electron chi connectivity index (χ2n) is 4.82. The molecule has 0 radical (unpaired) electrons. The van der Waals surface area contributed by atoms with E-state index in [0.29, 0.717) is 12.4 Å². The molecule has 9 heteroatoms. The van der Waals surface area contributed by atoms with E-state index in [4.69, 9.17) is 4.74 Å². The van der Waals surface area contributed by atoms with Gasteiger partial charge in [0.05, 0.1) is 7.11 Å². The number of guanidine groups is 1. The minimum absolute atomic E-state index is 0. The van der Waals surface area contributed by atoms with Crippen molar-refractivity contribution in [3.8, 4) is 5.88 Å². The maximum Gasteiger partial charge on any atom is 0.218 e. The molecule has 0 fully saturated rings. The number of aryl methyl sites for hydroxylation is 1. The van der Waals surface area contributed by atoms with Gasteiger partial charge in [0.25, 0.3) is 0 Å². The van der Waals surface area contributed by atoms with Gasteiger partial charge in [0.15, 0.2) is 5.96 Å². The standard InChI is InChI=1S/C15H23N7O.HI/c1-4-13-21-20-11-22(13)9-8-18-15(16-2)19-10-12-6-5-7-17-14(12)23-3;/h5-7,11H,4,8-10H2,1-3H3,(H2,16,18,19);1H. The average molecular weight is 445 g/mol. The highest BCUT2D eigenvalue weighted by Gasteiger charge is 2.05. The molecular formula is C15H24IN7O. The largest absolute Gasteiger partial charge is 0.481 e. The van der Waals surface area contributed by atoms with Crippen molar-refractivity contribution in [2.24, 2.45) is 4.99 Å². The minimum atomic E-state index is 0. The quantitative estimate of drug-likeness (QED) is 0.379. The summed E-state index contributed by atoms with van der Waals surface area (Å²) in [4.78, 5) is 8.39. The normalized spacial score (nSPS) is 10.9. The molecule has 2 aromatic rings. The van der Waals surface area contributed by atoms with Crippen LogP contribution in [0.5, 0.6) is 5.88 Å². The Hall–Kier alpha value is -1.91. The van der Waals surface area contributed by atoms with Gasteiger partial charge in [-0.2, -0.15) is 0 Å². The molecule has 0 unspecified atom stereocenters. The molecule has 0 spiro atoms. The lowest BCUT2D eigenvalue weighted by atomic mass is 10.3. The second-order valence-corrected chi connectivity index (χ2v) is 4.82. The van der Waals surface area contributed by atoms with Crippen molar-refractivity contribution in [1.29, 1.82) is 0 Å². The Morgan fingerprint density at radius 3 is 2.92 bits per heavy atom. The lowest BCUT2D eigenvalue weighted by Crippen LogP contribution is -2.38. The highest BCUT2D eigenvalue weighted by molar-refractivity contribution is 14.0. The van der Waals surface area contributed by atoms with Crippen LogP contribution in [0, 0.1) is 0 Å². The fourth-order valence-corrected chi connectivity index (χ4v) is 2.18. The highest BCUT2D eigenvalue weighted by atomic mass is 127. The molecule has 0 aromatic carbocycles. The molecule has 0 bridgehead atoms. The molecule has 132 valence electrons. The van der Waals surface area contributed by atoms with Gasteiger partial charge in [-0.3, -0.25) is 4.99 Å². The Morgan fingerprint density at radius 1 is 1.38 bits per heavy atom. The smallest absolute Gasteiger partial charge is 0.218 e. The molecule has 0 saturated carbocycles. The van der Waals surface area contributed by atoms with Crippen LogP contribution >= 0.6 is 24.0 Å². The number of aromatic nitrogens is 4. The van der Waals surface area contributed by atoms with Gasteiger partial charge in [-0.05, 0) is 6.07 Å². The van der Waals surface area contributed by atoms with Crippen LogP contribution in [0.2, 0.25) is 0 Å². The van der Waals surface area contributed by atoms with E-state index in [-0.39, 0.29) is 24.0 Å².